The van der Waals surface area contributed by atoms with Crippen LogP contribution in [0.15, 0.2) is 0 Å². The smallest absolute Gasteiger partial charge is 0.146 e. The molecular formula is C12H23NO. The molecule has 1 fully saturated rings. The summed E-state index contributed by atoms with van der Waals surface area (Å²) in [4.78, 5) is 13.8. The van der Waals surface area contributed by atoms with Crippen molar-refractivity contribution >= 4 is 5.78 Å². The number of rotatable bonds is 5. The van der Waals surface area contributed by atoms with Gasteiger partial charge >= 0.3 is 0 Å². The number of carbonyl (C=O) groups excluding carboxylic acids is 1. The van der Waals surface area contributed by atoms with E-state index in [-0.39, 0.29) is 0 Å². The molecule has 2 heteroatoms. The Morgan fingerprint density at radius 3 is 2.71 bits per heavy atom. The van der Waals surface area contributed by atoms with E-state index in [1.807, 2.05) is 0 Å². The van der Waals surface area contributed by atoms with E-state index in [0.717, 1.165) is 37.8 Å². The summed E-state index contributed by atoms with van der Waals surface area (Å²) >= 11 is 0. The first-order valence-electron chi connectivity index (χ1n) is 5.87. The summed E-state index contributed by atoms with van der Waals surface area (Å²) in [6, 6.07) is 0. The molecule has 14 heavy (non-hydrogen) atoms. The Bertz CT molecular complexity index is 189. The van der Waals surface area contributed by atoms with Crippen LogP contribution in [-0.4, -0.2) is 30.3 Å². The second kappa shape index (κ2) is 5.50. The van der Waals surface area contributed by atoms with Gasteiger partial charge in [-0.15, -0.1) is 0 Å². The van der Waals surface area contributed by atoms with E-state index >= 15 is 0 Å². The maximum atomic E-state index is 11.4. The van der Waals surface area contributed by atoms with Crippen LogP contribution in [0, 0.1) is 11.8 Å². The van der Waals surface area contributed by atoms with Crippen LogP contribution in [-0.2, 0) is 4.79 Å². The van der Waals surface area contributed by atoms with Crippen LogP contribution in [0.3, 0.4) is 0 Å². The van der Waals surface area contributed by atoms with E-state index < -0.39 is 0 Å². The molecule has 0 spiro atoms. The van der Waals surface area contributed by atoms with Crippen LogP contribution in [0.5, 0.6) is 0 Å². The van der Waals surface area contributed by atoms with Gasteiger partial charge in [-0.25, -0.2) is 0 Å². The first-order chi connectivity index (χ1) is 6.63. The zero-order valence-corrected chi connectivity index (χ0v) is 9.75. The normalized spacial score (nSPS) is 23.3. The minimum absolute atomic E-state index is 0.414. The molecule has 0 radical (unpaired) electrons. The number of Topliss-reactive ketones (excluding diaryl/α,β-unsaturated/α-hetero) is 1. The van der Waals surface area contributed by atoms with Crippen LogP contribution in [0.2, 0.25) is 0 Å². The molecule has 82 valence electrons. The summed E-state index contributed by atoms with van der Waals surface area (Å²) < 4.78 is 0. The van der Waals surface area contributed by atoms with Gasteiger partial charge in [-0.3, -0.25) is 9.69 Å². The molecule has 0 N–H and O–H groups in total. The average Bonchev–Trinajstić information content (AvgIpc) is 2.53. The van der Waals surface area contributed by atoms with Gasteiger partial charge in [0.1, 0.15) is 5.78 Å². The predicted octanol–water partition coefficient (Wildman–Crippen LogP) is 2.33. The van der Waals surface area contributed by atoms with Gasteiger partial charge in [0.05, 0.1) is 6.54 Å². The largest absolute Gasteiger partial charge is 0.298 e. The quantitative estimate of drug-likeness (QED) is 0.674. The van der Waals surface area contributed by atoms with Gasteiger partial charge in [0.15, 0.2) is 0 Å². The molecule has 0 aromatic rings. The Kier molecular flexibility index (Phi) is 4.59. The Morgan fingerprint density at radius 2 is 2.21 bits per heavy atom. The summed E-state index contributed by atoms with van der Waals surface area (Å²) in [5.74, 6) is 1.99. The van der Waals surface area contributed by atoms with Crippen molar-refractivity contribution < 1.29 is 4.79 Å². The predicted molar refractivity (Wildman–Crippen MR) is 59.3 cm³/mol. The number of hydrogen-bond acceptors (Lipinski definition) is 2. The van der Waals surface area contributed by atoms with Crippen molar-refractivity contribution in [1.29, 1.82) is 0 Å². The number of likely N-dealkylation sites (tertiary alicyclic amines) is 1. The summed E-state index contributed by atoms with van der Waals surface area (Å²) in [5, 5.41) is 0. The molecular weight excluding hydrogens is 174 g/mol. The number of ketones is 1. The molecule has 2 nitrogen and oxygen atoms in total. The summed E-state index contributed by atoms with van der Waals surface area (Å²) in [6.45, 7) is 9.57. The molecule has 0 aromatic carbocycles. The van der Waals surface area contributed by atoms with Crippen LogP contribution < -0.4 is 0 Å². The Hall–Kier alpha value is -0.370. The van der Waals surface area contributed by atoms with E-state index in [1.165, 1.54) is 6.42 Å². The SMILES string of the molecule is CCCC(=O)CN1CCC(C(C)C)C1. The van der Waals surface area contributed by atoms with Gasteiger partial charge in [0.25, 0.3) is 0 Å². The molecule has 0 aromatic heterocycles. The van der Waals surface area contributed by atoms with Gasteiger partial charge in [-0.1, -0.05) is 20.8 Å². The van der Waals surface area contributed by atoms with E-state index in [1.54, 1.807) is 0 Å². The highest BCUT2D eigenvalue weighted by atomic mass is 16.1. The molecule has 0 amide bonds. The third-order valence-corrected chi connectivity index (χ3v) is 3.18. The van der Waals surface area contributed by atoms with Crippen LogP contribution in [0.4, 0.5) is 0 Å². The molecule has 1 unspecified atom stereocenters. The van der Waals surface area contributed by atoms with E-state index in [2.05, 4.69) is 25.7 Å². The van der Waals surface area contributed by atoms with Gasteiger partial charge in [-0.2, -0.15) is 0 Å². The fourth-order valence-corrected chi connectivity index (χ4v) is 2.16. The molecule has 0 saturated carbocycles. The van der Waals surface area contributed by atoms with Crippen molar-refractivity contribution in [3.05, 3.63) is 0 Å². The topological polar surface area (TPSA) is 20.3 Å². The van der Waals surface area contributed by atoms with Crippen molar-refractivity contribution in [3.63, 3.8) is 0 Å². The highest BCUT2D eigenvalue weighted by Crippen LogP contribution is 2.23. The number of nitrogens with zero attached hydrogens (tertiary/aromatic N) is 1. The fourth-order valence-electron chi connectivity index (χ4n) is 2.16. The molecule has 1 saturated heterocycles. The third kappa shape index (κ3) is 3.41. The van der Waals surface area contributed by atoms with Gasteiger partial charge in [0, 0.05) is 13.0 Å². The molecule has 1 rings (SSSR count). The van der Waals surface area contributed by atoms with Gasteiger partial charge in [0.2, 0.25) is 0 Å². The first-order valence-corrected chi connectivity index (χ1v) is 5.87. The van der Waals surface area contributed by atoms with E-state index in [9.17, 15) is 4.79 Å². The van der Waals surface area contributed by atoms with Gasteiger partial charge < -0.3 is 0 Å². The summed E-state index contributed by atoms with van der Waals surface area (Å²) in [7, 11) is 0. The Labute approximate surface area is 87.7 Å². The fraction of sp³-hybridized carbons (Fsp3) is 0.917. The molecule has 1 aliphatic rings. The van der Waals surface area contributed by atoms with Crippen molar-refractivity contribution in [3.8, 4) is 0 Å². The monoisotopic (exact) mass is 197 g/mol. The van der Waals surface area contributed by atoms with Crippen molar-refractivity contribution in [1.82, 2.24) is 4.90 Å². The number of hydrogen-bond donors (Lipinski definition) is 0. The number of carbonyl (C=O) groups is 1. The van der Waals surface area contributed by atoms with E-state index in [4.69, 9.17) is 0 Å². The van der Waals surface area contributed by atoms with Crippen molar-refractivity contribution in [2.24, 2.45) is 11.8 Å². The van der Waals surface area contributed by atoms with Crippen molar-refractivity contribution in [2.45, 2.75) is 40.0 Å². The van der Waals surface area contributed by atoms with Gasteiger partial charge in [-0.05, 0) is 31.2 Å². The first kappa shape index (κ1) is 11.7. The summed E-state index contributed by atoms with van der Waals surface area (Å²) in [6.07, 6.45) is 3.01. The maximum Gasteiger partial charge on any atom is 0.146 e. The Morgan fingerprint density at radius 1 is 1.50 bits per heavy atom. The zero-order chi connectivity index (χ0) is 10.6. The maximum absolute atomic E-state index is 11.4. The van der Waals surface area contributed by atoms with E-state index in [0.29, 0.717) is 12.3 Å². The molecule has 1 heterocycles. The van der Waals surface area contributed by atoms with Crippen LogP contribution in [0.1, 0.15) is 40.0 Å². The highest BCUT2D eigenvalue weighted by molar-refractivity contribution is 5.80. The average molecular weight is 197 g/mol. The zero-order valence-electron chi connectivity index (χ0n) is 9.75. The van der Waals surface area contributed by atoms with Crippen LogP contribution in [0.25, 0.3) is 0 Å². The standard InChI is InChI=1S/C12H23NO/c1-4-5-12(14)9-13-7-6-11(8-13)10(2)3/h10-11H,4-9H2,1-3H3. The second-order valence-electron chi connectivity index (χ2n) is 4.82. The lowest BCUT2D eigenvalue weighted by atomic mass is 9.95. The molecule has 0 aliphatic carbocycles. The lowest BCUT2D eigenvalue weighted by molar-refractivity contribution is -0.120. The molecule has 0 bridgehead atoms. The molecule has 1 aliphatic heterocycles. The lowest BCUT2D eigenvalue weighted by Gasteiger charge is -2.16. The Balaban J connectivity index is 2.25. The third-order valence-electron chi connectivity index (χ3n) is 3.18. The minimum Gasteiger partial charge on any atom is -0.298 e. The second-order valence-corrected chi connectivity index (χ2v) is 4.82. The van der Waals surface area contributed by atoms with Crippen LogP contribution >= 0.6 is 0 Å². The van der Waals surface area contributed by atoms with Crippen molar-refractivity contribution in [2.75, 3.05) is 19.6 Å². The molecule has 1 atom stereocenters. The summed E-state index contributed by atoms with van der Waals surface area (Å²) in [5.41, 5.74) is 0. The minimum atomic E-state index is 0.414. The lowest BCUT2D eigenvalue weighted by Crippen LogP contribution is -2.28. The highest BCUT2D eigenvalue weighted by Gasteiger charge is 2.25.